The molecule has 0 bridgehead atoms. The van der Waals surface area contributed by atoms with Crippen LogP contribution in [0.2, 0.25) is 0 Å². The summed E-state index contributed by atoms with van der Waals surface area (Å²) in [5.41, 5.74) is 4.80. The lowest BCUT2D eigenvalue weighted by Crippen LogP contribution is -2.44. The van der Waals surface area contributed by atoms with Gasteiger partial charge >= 0.3 is 0 Å². The molecule has 90 valence electrons. The van der Waals surface area contributed by atoms with Gasteiger partial charge in [-0.1, -0.05) is 12.8 Å². The molecule has 0 spiro atoms. The van der Waals surface area contributed by atoms with Gasteiger partial charge in [-0.25, -0.2) is 21.9 Å². The van der Waals surface area contributed by atoms with Crippen molar-refractivity contribution in [3.8, 4) is 0 Å². The highest BCUT2D eigenvalue weighted by atomic mass is 32.2. The molecule has 1 aliphatic rings. The molecule has 3 N–H and O–H groups in total. The Kier molecular flexibility index (Phi) is 4.02. The smallest absolute Gasteiger partial charge is 0.273 e. The summed E-state index contributed by atoms with van der Waals surface area (Å²) in [6.45, 7) is -1.75. The van der Waals surface area contributed by atoms with Crippen molar-refractivity contribution >= 4 is 10.0 Å². The predicted octanol–water partition coefficient (Wildman–Crippen LogP) is 0.442. The minimum atomic E-state index is -3.59. The molecule has 0 aromatic carbocycles. The van der Waals surface area contributed by atoms with E-state index in [9.17, 15) is 17.2 Å². The fourth-order valence-electron chi connectivity index (χ4n) is 1.59. The first-order chi connectivity index (χ1) is 6.87. The zero-order chi connectivity index (χ0) is 11.5. The number of nitrogens with two attached hydrogens (primary N) is 1. The molecule has 1 saturated carbocycles. The molecule has 1 aliphatic carbocycles. The maximum Gasteiger partial charge on any atom is 0.273 e. The number of alkyl halides is 2. The lowest BCUT2D eigenvalue weighted by Gasteiger charge is -2.17. The Morgan fingerprint density at radius 3 is 2.33 bits per heavy atom. The molecule has 0 saturated heterocycles. The van der Waals surface area contributed by atoms with Gasteiger partial charge in [-0.2, -0.15) is 0 Å². The van der Waals surface area contributed by atoms with E-state index in [1.807, 2.05) is 4.72 Å². The quantitative estimate of drug-likeness (QED) is 0.735. The van der Waals surface area contributed by atoms with Crippen molar-refractivity contribution in [2.75, 3.05) is 13.1 Å². The topological polar surface area (TPSA) is 72.2 Å². The van der Waals surface area contributed by atoms with Gasteiger partial charge in [0.1, 0.15) is 0 Å². The molecule has 0 aromatic heterocycles. The van der Waals surface area contributed by atoms with Gasteiger partial charge in [0, 0.05) is 0 Å². The van der Waals surface area contributed by atoms with Crippen molar-refractivity contribution in [3.05, 3.63) is 0 Å². The predicted molar refractivity (Wildman–Crippen MR) is 53.2 cm³/mol. The average molecular weight is 242 g/mol. The fraction of sp³-hybridized carbons (Fsp3) is 1.00. The van der Waals surface area contributed by atoms with Gasteiger partial charge < -0.3 is 5.73 Å². The molecular weight excluding hydrogens is 226 g/mol. The van der Waals surface area contributed by atoms with Crippen LogP contribution < -0.4 is 10.5 Å². The minimum Gasteiger partial charge on any atom is -0.325 e. The number of hydrogen-bond donors (Lipinski definition) is 2. The summed E-state index contributed by atoms with van der Waals surface area (Å²) < 4.78 is 50.4. The van der Waals surface area contributed by atoms with Gasteiger partial charge in [0.15, 0.2) is 0 Å². The van der Waals surface area contributed by atoms with E-state index in [2.05, 4.69) is 0 Å². The molecule has 0 amide bonds. The second-order valence-electron chi connectivity index (χ2n) is 3.83. The van der Waals surface area contributed by atoms with Crippen molar-refractivity contribution in [3.63, 3.8) is 0 Å². The van der Waals surface area contributed by atoms with Crippen LogP contribution in [0.25, 0.3) is 0 Å². The van der Waals surface area contributed by atoms with Gasteiger partial charge in [-0.15, -0.1) is 0 Å². The zero-order valence-corrected chi connectivity index (χ0v) is 9.19. The normalized spacial score (nSPS) is 19.7. The van der Waals surface area contributed by atoms with E-state index in [1.54, 1.807) is 0 Å². The molecule has 0 radical (unpaired) electrons. The van der Waals surface area contributed by atoms with Crippen LogP contribution in [-0.4, -0.2) is 32.7 Å². The highest BCUT2D eigenvalue weighted by molar-refractivity contribution is 7.90. The van der Waals surface area contributed by atoms with Gasteiger partial charge in [0.25, 0.3) is 5.92 Å². The number of hydrogen-bond acceptors (Lipinski definition) is 3. The third kappa shape index (κ3) is 3.66. The van der Waals surface area contributed by atoms with Crippen molar-refractivity contribution in [1.29, 1.82) is 0 Å². The summed E-state index contributed by atoms with van der Waals surface area (Å²) in [6.07, 6.45) is 2.81. The maximum absolute atomic E-state index is 12.7. The molecule has 0 aliphatic heterocycles. The van der Waals surface area contributed by atoms with Gasteiger partial charge in [-0.05, 0) is 12.8 Å². The van der Waals surface area contributed by atoms with E-state index >= 15 is 0 Å². The van der Waals surface area contributed by atoms with E-state index in [4.69, 9.17) is 5.73 Å². The molecule has 1 fully saturated rings. The summed E-state index contributed by atoms with van der Waals surface area (Å²) >= 11 is 0. The van der Waals surface area contributed by atoms with Crippen molar-refractivity contribution < 1.29 is 17.2 Å². The summed E-state index contributed by atoms with van der Waals surface area (Å²) in [5.74, 6) is -3.16. The molecule has 4 nitrogen and oxygen atoms in total. The van der Waals surface area contributed by atoms with Crippen molar-refractivity contribution in [2.45, 2.75) is 36.9 Å². The van der Waals surface area contributed by atoms with Crippen LogP contribution in [0, 0.1) is 0 Å². The summed E-state index contributed by atoms with van der Waals surface area (Å²) in [7, 11) is -3.59. The Morgan fingerprint density at radius 1 is 1.33 bits per heavy atom. The minimum absolute atomic E-state index is 0.508. The van der Waals surface area contributed by atoms with Crippen LogP contribution in [0.4, 0.5) is 8.78 Å². The summed E-state index contributed by atoms with van der Waals surface area (Å²) in [5, 5.41) is -0.508. The monoisotopic (exact) mass is 242 g/mol. The Morgan fingerprint density at radius 2 is 1.87 bits per heavy atom. The van der Waals surface area contributed by atoms with Gasteiger partial charge in [0.05, 0.1) is 18.3 Å². The standard InChI is InChI=1S/C8H16F2N2O2S/c9-8(10,5-11)6-12-15(13,14)7-3-1-2-4-7/h7,12H,1-6,11H2. The zero-order valence-electron chi connectivity index (χ0n) is 8.38. The van der Waals surface area contributed by atoms with Crippen LogP contribution in [0.5, 0.6) is 0 Å². The molecular formula is C8H16F2N2O2S. The van der Waals surface area contributed by atoms with E-state index in [0.717, 1.165) is 12.8 Å². The van der Waals surface area contributed by atoms with Crippen LogP contribution >= 0.6 is 0 Å². The van der Waals surface area contributed by atoms with Crippen LogP contribution in [0.1, 0.15) is 25.7 Å². The largest absolute Gasteiger partial charge is 0.325 e. The Labute approximate surface area is 88.3 Å². The molecule has 0 atom stereocenters. The molecule has 7 heteroatoms. The third-order valence-electron chi connectivity index (χ3n) is 2.57. The first-order valence-electron chi connectivity index (χ1n) is 4.94. The highest BCUT2D eigenvalue weighted by Crippen LogP contribution is 2.24. The second-order valence-corrected chi connectivity index (χ2v) is 5.88. The lowest BCUT2D eigenvalue weighted by atomic mass is 10.3. The third-order valence-corrected chi connectivity index (χ3v) is 4.47. The average Bonchev–Trinajstić information content (AvgIpc) is 2.69. The van der Waals surface area contributed by atoms with Crippen molar-refractivity contribution in [1.82, 2.24) is 4.72 Å². The first kappa shape index (κ1) is 12.8. The molecule has 15 heavy (non-hydrogen) atoms. The Hall–Kier alpha value is -0.270. The number of halogens is 2. The summed E-state index contributed by atoms with van der Waals surface area (Å²) in [6, 6.07) is 0. The van der Waals surface area contributed by atoms with Crippen LogP contribution in [0.3, 0.4) is 0 Å². The van der Waals surface area contributed by atoms with Gasteiger partial charge in [-0.3, -0.25) is 0 Å². The number of rotatable bonds is 5. The summed E-state index contributed by atoms with van der Waals surface area (Å²) in [4.78, 5) is 0. The number of nitrogens with one attached hydrogen (secondary N) is 1. The Bertz CT molecular complexity index is 300. The van der Waals surface area contributed by atoms with Gasteiger partial charge in [0.2, 0.25) is 10.0 Å². The molecule has 0 unspecified atom stereocenters. The van der Waals surface area contributed by atoms with E-state index in [0.29, 0.717) is 12.8 Å². The van der Waals surface area contributed by atoms with Crippen LogP contribution in [-0.2, 0) is 10.0 Å². The van der Waals surface area contributed by atoms with E-state index in [-0.39, 0.29) is 0 Å². The fourth-order valence-corrected chi connectivity index (χ4v) is 3.20. The van der Waals surface area contributed by atoms with E-state index < -0.39 is 34.3 Å². The van der Waals surface area contributed by atoms with Crippen molar-refractivity contribution in [2.24, 2.45) is 5.73 Å². The number of sulfonamides is 1. The van der Waals surface area contributed by atoms with Crippen LogP contribution in [0.15, 0.2) is 0 Å². The SMILES string of the molecule is NCC(F)(F)CNS(=O)(=O)C1CCCC1. The first-order valence-corrected chi connectivity index (χ1v) is 6.48. The maximum atomic E-state index is 12.7. The lowest BCUT2D eigenvalue weighted by molar-refractivity contribution is 0.0170. The molecule has 0 aromatic rings. The Balaban J connectivity index is 2.50. The van der Waals surface area contributed by atoms with E-state index in [1.165, 1.54) is 0 Å². The highest BCUT2D eigenvalue weighted by Gasteiger charge is 2.33. The molecule has 1 rings (SSSR count). The molecule has 0 heterocycles. The second kappa shape index (κ2) is 4.71.